The molecule has 1 aromatic heterocycles. The molecule has 1 aromatic carbocycles. The van der Waals surface area contributed by atoms with E-state index in [0.29, 0.717) is 5.56 Å². The van der Waals surface area contributed by atoms with Crippen LogP contribution in [0, 0.1) is 11.3 Å². The molecule has 0 amide bonds. The molecule has 0 radical (unpaired) electrons. The van der Waals surface area contributed by atoms with E-state index in [0.717, 1.165) is 6.42 Å². The van der Waals surface area contributed by atoms with E-state index in [1.165, 1.54) is 16.5 Å². The Labute approximate surface area is 105 Å². The molecule has 0 fully saturated rings. The van der Waals surface area contributed by atoms with Gasteiger partial charge in [-0.1, -0.05) is 31.2 Å². The third kappa shape index (κ3) is 2.43. The fourth-order valence-electron chi connectivity index (χ4n) is 1.63. The highest BCUT2D eigenvalue weighted by atomic mass is 16.1. The van der Waals surface area contributed by atoms with Gasteiger partial charge in [0.2, 0.25) is 5.82 Å². The van der Waals surface area contributed by atoms with Gasteiger partial charge in [0, 0.05) is 5.56 Å². The van der Waals surface area contributed by atoms with Crippen LogP contribution in [-0.2, 0) is 13.0 Å². The Balaban J connectivity index is 2.15. The Kier molecular flexibility index (Phi) is 3.49. The molecular formula is C13H12N4O. The van der Waals surface area contributed by atoms with Crippen LogP contribution in [0.25, 0.3) is 0 Å². The average molecular weight is 240 g/mol. The van der Waals surface area contributed by atoms with Crippen molar-refractivity contribution in [2.45, 2.75) is 19.9 Å². The normalized spacial score (nSPS) is 10.0. The van der Waals surface area contributed by atoms with E-state index in [1.807, 2.05) is 18.2 Å². The Bertz CT molecular complexity index is 592. The van der Waals surface area contributed by atoms with Crippen LogP contribution in [0.4, 0.5) is 0 Å². The Morgan fingerprint density at radius 1 is 1.39 bits per heavy atom. The molecule has 18 heavy (non-hydrogen) atoms. The molecule has 0 atom stereocenters. The van der Waals surface area contributed by atoms with E-state index in [1.54, 1.807) is 12.1 Å². The number of carbonyl (C=O) groups excluding carboxylic acids is 1. The second-order valence-corrected chi connectivity index (χ2v) is 3.87. The van der Waals surface area contributed by atoms with E-state index in [4.69, 9.17) is 5.26 Å². The predicted octanol–water partition coefficient (Wildman–Crippen LogP) is 1.60. The molecule has 0 N–H and O–H groups in total. The summed E-state index contributed by atoms with van der Waals surface area (Å²) in [5, 5.41) is 16.0. The summed E-state index contributed by atoms with van der Waals surface area (Å²) in [5.41, 5.74) is 1.82. The van der Waals surface area contributed by atoms with E-state index >= 15 is 0 Å². The molecule has 90 valence electrons. The van der Waals surface area contributed by atoms with Gasteiger partial charge in [-0.2, -0.15) is 5.26 Å². The number of hydrogen-bond donors (Lipinski definition) is 0. The first-order valence-electron chi connectivity index (χ1n) is 5.64. The van der Waals surface area contributed by atoms with E-state index in [-0.39, 0.29) is 18.2 Å². The fourth-order valence-corrected chi connectivity index (χ4v) is 1.63. The molecule has 5 heteroatoms. The Hall–Kier alpha value is -2.48. The maximum Gasteiger partial charge on any atom is 0.235 e. The maximum atomic E-state index is 12.0. The van der Waals surface area contributed by atoms with Crippen LogP contribution in [0.1, 0.15) is 28.7 Å². The van der Waals surface area contributed by atoms with Crippen molar-refractivity contribution < 1.29 is 4.79 Å². The quantitative estimate of drug-likeness (QED) is 0.761. The number of aromatic nitrogens is 3. The summed E-state index contributed by atoms with van der Waals surface area (Å²) in [5.74, 6) is 0.0856. The largest absolute Gasteiger partial charge is 0.297 e. The third-order valence-corrected chi connectivity index (χ3v) is 2.71. The number of nitriles is 1. The van der Waals surface area contributed by atoms with E-state index in [9.17, 15) is 4.79 Å². The highest BCUT2D eigenvalue weighted by molar-refractivity contribution is 5.95. The van der Waals surface area contributed by atoms with Crippen LogP contribution in [0.2, 0.25) is 0 Å². The van der Waals surface area contributed by atoms with Crippen LogP contribution in [0.5, 0.6) is 0 Å². The van der Waals surface area contributed by atoms with E-state index in [2.05, 4.69) is 17.1 Å². The van der Waals surface area contributed by atoms with Gasteiger partial charge in [-0.3, -0.25) is 9.36 Å². The summed E-state index contributed by atoms with van der Waals surface area (Å²) in [7, 11) is 0. The summed E-state index contributed by atoms with van der Waals surface area (Å²) >= 11 is 0. The molecule has 0 aliphatic carbocycles. The molecule has 0 aliphatic heterocycles. The highest BCUT2D eigenvalue weighted by Gasteiger charge is 2.10. The smallest absolute Gasteiger partial charge is 0.235 e. The molecule has 0 unspecified atom stereocenters. The van der Waals surface area contributed by atoms with Crippen molar-refractivity contribution in [3.05, 3.63) is 47.5 Å². The van der Waals surface area contributed by atoms with Gasteiger partial charge in [0.1, 0.15) is 12.4 Å². The molecule has 0 bridgehead atoms. The molecule has 5 nitrogen and oxygen atoms in total. The number of rotatable bonds is 4. The molecule has 2 rings (SSSR count). The van der Waals surface area contributed by atoms with Crippen molar-refractivity contribution in [2.24, 2.45) is 0 Å². The third-order valence-electron chi connectivity index (χ3n) is 2.71. The minimum atomic E-state index is -0.0612. The van der Waals surface area contributed by atoms with Gasteiger partial charge in [0.15, 0.2) is 5.78 Å². The maximum absolute atomic E-state index is 12.0. The van der Waals surface area contributed by atoms with Gasteiger partial charge in [0.05, 0.1) is 6.54 Å². The van der Waals surface area contributed by atoms with Crippen LogP contribution >= 0.6 is 0 Å². The SMILES string of the molecule is CCc1ccc(C(=O)Cn2cnnc2C#N)cc1. The summed E-state index contributed by atoms with van der Waals surface area (Å²) in [6.45, 7) is 2.15. The van der Waals surface area contributed by atoms with Crippen LogP contribution < -0.4 is 0 Å². The van der Waals surface area contributed by atoms with Crippen molar-refractivity contribution in [3.8, 4) is 6.07 Å². The van der Waals surface area contributed by atoms with Crippen molar-refractivity contribution in [1.82, 2.24) is 14.8 Å². The molecule has 0 aliphatic rings. The summed E-state index contributed by atoms with van der Waals surface area (Å²) in [4.78, 5) is 12.0. The number of nitrogens with zero attached hydrogens (tertiary/aromatic N) is 4. The van der Waals surface area contributed by atoms with Crippen molar-refractivity contribution in [2.75, 3.05) is 0 Å². The first-order chi connectivity index (χ1) is 8.74. The first kappa shape index (κ1) is 12.0. The van der Waals surface area contributed by atoms with Gasteiger partial charge >= 0.3 is 0 Å². The summed E-state index contributed by atoms with van der Waals surface area (Å²) in [6, 6.07) is 9.36. The zero-order chi connectivity index (χ0) is 13.0. The number of hydrogen-bond acceptors (Lipinski definition) is 4. The van der Waals surface area contributed by atoms with Gasteiger partial charge in [0.25, 0.3) is 0 Å². The lowest BCUT2D eigenvalue weighted by atomic mass is 10.1. The fraction of sp³-hybridized carbons (Fsp3) is 0.231. The topological polar surface area (TPSA) is 71.6 Å². The minimum Gasteiger partial charge on any atom is -0.297 e. The zero-order valence-corrected chi connectivity index (χ0v) is 10.00. The molecule has 2 aromatic rings. The average Bonchev–Trinajstić information content (AvgIpc) is 2.86. The number of ketones is 1. The number of carbonyl (C=O) groups is 1. The lowest BCUT2D eigenvalue weighted by molar-refractivity contribution is 0.0971. The van der Waals surface area contributed by atoms with Gasteiger partial charge in [-0.15, -0.1) is 10.2 Å². The van der Waals surface area contributed by atoms with Crippen molar-refractivity contribution >= 4 is 5.78 Å². The molecular weight excluding hydrogens is 228 g/mol. The lowest BCUT2D eigenvalue weighted by Crippen LogP contribution is -2.11. The van der Waals surface area contributed by atoms with Crippen molar-refractivity contribution in [3.63, 3.8) is 0 Å². The Morgan fingerprint density at radius 2 is 2.11 bits per heavy atom. The second kappa shape index (κ2) is 5.23. The van der Waals surface area contributed by atoms with Crippen LogP contribution in [-0.4, -0.2) is 20.5 Å². The minimum absolute atomic E-state index is 0.0612. The summed E-state index contributed by atoms with van der Waals surface area (Å²) in [6.07, 6.45) is 2.33. The predicted molar refractivity (Wildman–Crippen MR) is 64.9 cm³/mol. The van der Waals surface area contributed by atoms with Gasteiger partial charge in [-0.05, 0) is 12.0 Å². The van der Waals surface area contributed by atoms with Crippen LogP contribution in [0.3, 0.4) is 0 Å². The summed E-state index contributed by atoms with van der Waals surface area (Å²) < 4.78 is 1.44. The Morgan fingerprint density at radius 3 is 2.72 bits per heavy atom. The number of aryl methyl sites for hydroxylation is 1. The second-order valence-electron chi connectivity index (χ2n) is 3.87. The molecule has 1 heterocycles. The highest BCUT2D eigenvalue weighted by Crippen LogP contribution is 2.07. The van der Waals surface area contributed by atoms with E-state index < -0.39 is 0 Å². The molecule has 0 spiro atoms. The van der Waals surface area contributed by atoms with Gasteiger partial charge in [-0.25, -0.2) is 0 Å². The molecule has 0 saturated carbocycles. The van der Waals surface area contributed by atoms with Crippen molar-refractivity contribution in [1.29, 1.82) is 5.26 Å². The van der Waals surface area contributed by atoms with Gasteiger partial charge < -0.3 is 0 Å². The number of benzene rings is 1. The zero-order valence-electron chi connectivity index (χ0n) is 10.00. The monoisotopic (exact) mass is 240 g/mol. The lowest BCUT2D eigenvalue weighted by Gasteiger charge is -2.03. The number of Topliss-reactive ketones (excluding diaryl/α,β-unsaturated/α-hetero) is 1. The molecule has 0 saturated heterocycles. The van der Waals surface area contributed by atoms with Crippen LogP contribution in [0.15, 0.2) is 30.6 Å². The standard InChI is InChI=1S/C13H12N4O/c1-2-10-3-5-11(6-4-10)12(18)8-17-9-15-16-13(17)7-14/h3-6,9H,2,8H2,1H3. The first-order valence-corrected chi connectivity index (χ1v) is 5.64.